The fourth-order valence-corrected chi connectivity index (χ4v) is 2.35. The molecule has 2 N–H and O–H groups in total. The summed E-state index contributed by atoms with van der Waals surface area (Å²) in [6.45, 7) is 3.28. The van der Waals surface area contributed by atoms with Crippen LogP contribution < -0.4 is 5.32 Å². The fraction of sp³-hybridized carbons (Fsp3) is 0.467. The lowest BCUT2D eigenvalue weighted by molar-refractivity contribution is -0.159. The summed E-state index contributed by atoms with van der Waals surface area (Å²) in [6, 6.07) is 8.00. The third-order valence-corrected chi connectivity index (χ3v) is 3.43. The van der Waals surface area contributed by atoms with E-state index in [1.54, 1.807) is 31.2 Å². The second kappa shape index (κ2) is 7.19. The highest BCUT2D eigenvalue weighted by Gasteiger charge is 2.36. The average molecular weight is 292 g/mol. The first-order valence-electron chi connectivity index (χ1n) is 7.06. The molecule has 1 aliphatic rings. The Morgan fingerprint density at radius 2 is 2.14 bits per heavy atom. The van der Waals surface area contributed by atoms with Crippen LogP contribution in [0.1, 0.15) is 18.6 Å². The summed E-state index contributed by atoms with van der Waals surface area (Å²) in [4.78, 5) is 25.8. The predicted octanol–water partition coefficient (Wildman–Crippen LogP) is 0.0835. The number of ether oxygens (including phenoxy) is 1. The van der Waals surface area contributed by atoms with Gasteiger partial charge in [-0.15, -0.1) is 0 Å². The van der Waals surface area contributed by atoms with E-state index in [-0.39, 0.29) is 6.61 Å². The topological polar surface area (TPSA) is 78.9 Å². The summed E-state index contributed by atoms with van der Waals surface area (Å²) in [7, 11) is 0. The van der Waals surface area contributed by atoms with Crippen LogP contribution in [-0.2, 0) is 14.3 Å². The number of nitrogens with one attached hydrogen (secondary N) is 1. The molecule has 0 spiro atoms. The normalized spacial score (nSPS) is 19.9. The number of amides is 1. The first-order chi connectivity index (χ1) is 10.1. The van der Waals surface area contributed by atoms with E-state index in [4.69, 9.17) is 4.74 Å². The number of aliphatic hydroxyl groups excluding tert-OH is 1. The van der Waals surface area contributed by atoms with Crippen LogP contribution in [0.5, 0.6) is 0 Å². The molecule has 0 radical (unpaired) electrons. The lowest BCUT2D eigenvalue weighted by Gasteiger charge is -2.35. The third kappa shape index (κ3) is 3.59. The second-order valence-corrected chi connectivity index (χ2v) is 4.82. The van der Waals surface area contributed by atoms with Crippen molar-refractivity contribution in [2.24, 2.45) is 0 Å². The number of esters is 1. The third-order valence-electron chi connectivity index (χ3n) is 3.43. The van der Waals surface area contributed by atoms with E-state index in [1.165, 1.54) is 4.90 Å². The maximum Gasteiger partial charge on any atom is 0.330 e. The van der Waals surface area contributed by atoms with E-state index < -0.39 is 24.0 Å². The molecule has 1 saturated heterocycles. The Balaban J connectivity index is 2.13. The number of rotatable bonds is 4. The number of nitrogens with zero attached hydrogens (tertiary/aromatic N) is 1. The fourth-order valence-electron chi connectivity index (χ4n) is 2.35. The van der Waals surface area contributed by atoms with Crippen molar-refractivity contribution in [1.29, 1.82) is 0 Å². The molecule has 2 unspecified atom stereocenters. The van der Waals surface area contributed by atoms with Crippen LogP contribution in [0.3, 0.4) is 0 Å². The highest BCUT2D eigenvalue weighted by atomic mass is 16.5. The monoisotopic (exact) mass is 292 g/mol. The molecule has 1 aliphatic heterocycles. The van der Waals surface area contributed by atoms with Crippen LogP contribution in [0.25, 0.3) is 0 Å². The number of hydrogen-bond donors (Lipinski definition) is 2. The van der Waals surface area contributed by atoms with Gasteiger partial charge in [0.25, 0.3) is 5.91 Å². The van der Waals surface area contributed by atoms with Gasteiger partial charge in [-0.05, 0) is 12.5 Å². The van der Waals surface area contributed by atoms with Gasteiger partial charge in [0.05, 0.1) is 6.61 Å². The molecule has 1 heterocycles. The van der Waals surface area contributed by atoms with Crippen LogP contribution in [-0.4, -0.2) is 54.2 Å². The van der Waals surface area contributed by atoms with Crippen LogP contribution in [0, 0.1) is 0 Å². The Morgan fingerprint density at radius 1 is 1.43 bits per heavy atom. The van der Waals surface area contributed by atoms with Gasteiger partial charge in [-0.2, -0.15) is 0 Å². The van der Waals surface area contributed by atoms with Gasteiger partial charge < -0.3 is 20.1 Å². The lowest BCUT2D eigenvalue weighted by atomic mass is 10.1. The summed E-state index contributed by atoms with van der Waals surface area (Å²) < 4.78 is 4.99. The molecule has 1 aromatic rings. The molecule has 6 nitrogen and oxygen atoms in total. The van der Waals surface area contributed by atoms with E-state index in [1.807, 2.05) is 6.07 Å². The summed E-state index contributed by atoms with van der Waals surface area (Å²) in [5, 5.41) is 13.3. The van der Waals surface area contributed by atoms with Gasteiger partial charge in [0.2, 0.25) is 0 Å². The molecule has 0 saturated carbocycles. The molecule has 0 aromatic heterocycles. The molecular formula is C15H20N2O4. The highest BCUT2D eigenvalue weighted by molar-refractivity contribution is 5.88. The number of aliphatic hydroxyl groups is 1. The standard InChI is InChI=1S/C15H20N2O4/c1-2-21-15(20)12-10-16-8-9-17(12)14(19)13(18)11-6-4-3-5-7-11/h3-7,12-13,16,18H,2,8-10H2,1H3. The van der Waals surface area contributed by atoms with E-state index >= 15 is 0 Å². The smallest absolute Gasteiger partial charge is 0.330 e. The Labute approximate surface area is 123 Å². The van der Waals surface area contributed by atoms with Gasteiger partial charge in [-0.1, -0.05) is 30.3 Å². The number of benzene rings is 1. The summed E-state index contributed by atoms with van der Waals surface area (Å²) in [5.41, 5.74) is 0.517. The van der Waals surface area contributed by atoms with Crippen LogP contribution in [0.2, 0.25) is 0 Å². The largest absolute Gasteiger partial charge is 0.464 e. The minimum Gasteiger partial charge on any atom is -0.464 e. The van der Waals surface area contributed by atoms with E-state index in [0.717, 1.165) is 0 Å². The summed E-state index contributed by atoms with van der Waals surface area (Å²) >= 11 is 0. The molecule has 6 heteroatoms. The molecule has 2 atom stereocenters. The number of hydrogen-bond acceptors (Lipinski definition) is 5. The zero-order valence-corrected chi connectivity index (χ0v) is 12.0. The van der Waals surface area contributed by atoms with E-state index in [0.29, 0.717) is 25.2 Å². The zero-order chi connectivity index (χ0) is 15.2. The molecule has 0 aliphatic carbocycles. The number of carbonyl (C=O) groups is 2. The van der Waals surface area contributed by atoms with Gasteiger partial charge in [-0.3, -0.25) is 4.79 Å². The van der Waals surface area contributed by atoms with Gasteiger partial charge in [0.1, 0.15) is 6.04 Å². The number of piperazine rings is 1. The van der Waals surface area contributed by atoms with Crippen molar-refractivity contribution < 1.29 is 19.4 Å². The van der Waals surface area contributed by atoms with E-state index in [2.05, 4.69) is 5.32 Å². The lowest BCUT2D eigenvalue weighted by Crippen LogP contribution is -2.58. The Kier molecular flexibility index (Phi) is 5.30. The summed E-state index contributed by atoms with van der Waals surface area (Å²) in [5.74, 6) is -0.918. The Bertz CT molecular complexity index is 492. The zero-order valence-electron chi connectivity index (χ0n) is 12.0. The molecule has 21 heavy (non-hydrogen) atoms. The van der Waals surface area contributed by atoms with Crippen LogP contribution in [0.4, 0.5) is 0 Å². The van der Waals surface area contributed by atoms with Gasteiger partial charge >= 0.3 is 5.97 Å². The predicted molar refractivity (Wildman–Crippen MR) is 76.4 cm³/mol. The second-order valence-electron chi connectivity index (χ2n) is 4.82. The minimum atomic E-state index is -1.26. The first kappa shape index (κ1) is 15.5. The van der Waals surface area contributed by atoms with Crippen molar-refractivity contribution in [3.8, 4) is 0 Å². The van der Waals surface area contributed by atoms with Gasteiger partial charge in [0.15, 0.2) is 6.10 Å². The maximum atomic E-state index is 12.5. The van der Waals surface area contributed by atoms with E-state index in [9.17, 15) is 14.7 Å². The molecule has 2 rings (SSSR count). The van der Waals surface area contributed by atoms with Crippen molar-refractivity contribution in [3.05, 3.63) is 35.9 Å². The highest BCUT2D eigenvalue weighted by Crippen LogP contribution is 2.18. The Morgan fingerprint density at radius 3 is 2.81 bits per heavy atom. The van der Waals surface area contributed by atoms with Crippen LogP contribution in [0.15, 0.2) is 30.3 Å². The number of carbonyl (C=O) groups excluding carboxylic acids is 2. The molecular weight excluding hydrogens is 272 g/mol. The SMILES string of the molecule is CCOC(=O)C1CNCCN1C(=O)C(O)c1ccccc1. The van der Waals surface area contributed by atoms with Crippen molar-refractivity contribution in [3.63, 3.8) is 0 Å². The molecule has 0 bridgehead atoms. The Hall–Kier alpha value is -1.92. The van der Waals surface area contributed by atoms with Crippen LogP contribution >= 0.6 is 0 Å². The van der Waals surface area contributed by atoms with Gasteiger partial charge in [-0.25, -0.2) is 4.79 Å². The summed E-state index contributed by atoms with van der Waals surface area (Å²) in [6.07, 6.45) is -1.26. The minimum absolute atomic E-state index is 0.263. The van der Waals surface area contributed by atoms with Gasteiger partial charge in [0, 0.05) is 19.6 Å². The van der Waals surface area contributed by atoms with Crippen molar-refractivity contribution >= 4 is 11.9 Å². The quantitative estimate of drug-likeness (QED) is 0.769. The van der Waals surface area contributed by atoms with Crippen molar-refractivity contribution in [1.82, 2.24) is 10.2 Å². The van der Waals surface area contributed by atoms with Crippen molar-refractivity contribution in [2.75, 3.05) is 26.2 Å². The molecule has 1 aromatic carbocycles. The molecule has 114 valence electrons. The molecule has 1 amide bonds. The van der Waals surface area contributed by atoms with Crippen molar-refractivity contribution in [2.45, 2.75) is 19.1 Å². The maximum absolute atomic E-state index is 12.5. The molecule has 1 fully saturated rings. The first-order valence-corrected chi connectivity index (χ1v) is 7.06. The average Bonchev–Trinajstić information content (AvgIpc) is 2.54.